The summed E-state index contributed by atoms with van der Waals surface area (Å²) in [6, 6.07) is -4.86. The Morgan fingerprint density at radius 1 is 0.857 bits per heavy atom. The van der Waals surface area contributed by atoms with E-state index in [1.165, 1.54) is 9.80 Å². The molecule has 0 spiro atoms. The zero-order valence-corrected chi connectivity index (χ0v) is 42.6. The first-order valence-electron chi connectivity index (χ1n) is 25.4. The number of hydrogen-bond donors (Lipinski definition) is 7. The topological polar surface area (TPSA) is 285 Å². The van der Waals surface area contributed by atoms with Gasteiger partial charge in [-0.25, -0.2) is 17.9 Å². The van der Waals surface area contributed by atoms with Crippen molar-refractivity contribution in [2.75, 3.05) is 19.6 Å². The number of aliphatic carboxylic acids is 1. The minimum Gasteiger partial charge on any atom is -0.487 e. The van der Waals surface area contributed by atoms with E-state index < -0.39 is 81.0 Å². The molecule has 3 heterocycles. The molecule has 388 valence electrons. The van der Waals surface area contributed by atoms with Gasteiger partial charge in [-0.15, -0.1) is 6.58 Å². The number of nitrogens with zero attached hydrogens (tertiary/aromatic N) is 3. The van der Waals surface area contributed by atoms with Gasteiger partial charge >= 0.3 is 5.97 Å². The second kappa shape index (κ2) is 22.9. The number of sulfonamides is 1. The number of hydrogen-bond acceptors (Lipinski definition) is 11. The summed E-state index contributed by atoms with van der Waals surface area (Å²) >= 11 is 0. The Bertz CT molecular complexity index is 2310. The molecule has 4 fully saturated rings. The van der Waals surface area contributed by atoms with Gasteiger partial charge in [0.1, 0.15) is 41.1 Å². The van der Waals surface area contributed by atoms with Crippen molar-refractivity contribution in [1.82, 2.24) is 30.5 Å². The van der Waals surface area contributed by atoms with Crippen LogP contribution in [0.25, 0.3) is 0 Å². The normalized spacial score (nSPS) is 22.2. The van der Waals surface area contributed by atoms with Crippen LogP contribution < -0.4 is 36.9 Å². The molecule has 19 nitrogen and oxygen atoms in total. The summed E-state index contributed by atoms with van der Waals surface area (Å²) in [5.41, 5.74) is 13.1. The van der Waals surface area contributed by atoms with Crippen molar-refractivity contribution >= 4 is 51.5 Å². The Kier molecular flexibility index (Phi) is 17.7. The number of likely N-dealkylation sites (tertiary alicyclic amines) is 2. The van der Waals surface area contributed by atoms with Gasteiger partial charge in [0.15, 0.2) is 0 Å². The van der Waals surface area contributed by atoms with Gasteiger partial charge in [0.2, 0.25) is 35.5 Å². The van der Waals surface area contributed by atoms with Crippen molar-refractivity contribution in [1.29, 1.82) is 0 Å². The number of guanidine groups is 1. The van der Waals surface area contributed by atoms with E-state index >= 15 is 0 Å². The minimum absolute atomic E-state index is 0.00406. The molecule has 0 radical (unpaired) electrons. The van der Waals surface area contributed by atoms with Gasteiger partial charge < -0.3 is 47.1 Å². The number of carboxylic acid groups (broad SMARTS) is 1. The van der Waals surface area contributed by atoms with Crippen LogP contribution in [-0.4, -0.2) is 126 Å². The lowest BCUT2D eigenvalue weighted by Gasteiger charge is -2.43. The smallest absolute Gasteiger partial charge is 0.326 e. The Labute approximate surface area is 413 Å². The van der Waals surface area contributed by atoms with Crippen LogP contribution in [0.1, 0.15) is 152 Å². The fourth-order valence-corrected chi connectivity index (χ4v) is 12.6. The van der Waals surface area contributed by atoms with Crippen molar-refractivity contribution < 1.29 is 47.0 Å². The monoisotopic (exact) mass is 996 g/mol. The number of nitrogens with one attached hydrogen (secondary N) is 4. The van der Waals surface area contributed by atoms with Crippen LogP contribution in [-0.2, 0) is 45.2 Å². The third kappa shape index (κ3) is 12.4. The predicted octanol–water partition coefficient (Wildman–Crippen LogP) is 3.43. The molecule has 9 N–H and O–H groups in total. The molecule has 5 aliphatic rings. The van der Waals surface area contributed by atoms with Crippen LogP contribution in [0.5, 0.6) is 5.75 Å². The third-order valence-corrected chi connectivity index (χ3v) is 16.8. The lowest BCUT2D eigenvalue weighted by atomic mass is 9.75. The average molecular weight is 996 g/mol. The number of ether oxygens (including phenoxy) is 1. The molecule has 1 aromatic carbocycles. The van der Waals surface area contributed by atoms with E-state index in [9.17, 15) is 42.3 Å². The van der Waals surface area contributed by atoms with Gasteiger partial charge in [-0.1, -0.05) is 38.2 Å². The molecular formula is C50H77N9O10S. The fourth-order valence-electron chi connectivity index (χ4n) is 11.0. The fraction of sp³-hybridized carbons (Fsp3) is 0.700. The highest BCUT2D eigenvalue weighted by Gasteiger charge is 2.50. The molecule has 70 heavy (non-hydrogen) atoms. The van der Waals surface area contributed by atoms with Gasteiger partial charge in [0.05, 0.1) is 10.9 Å². The van der Waals surface area contributed by atoms with E-state index in [1.807, 2.05) is 20.8 Å². The number of amides is 5. The maximum absolute atomic E-state index is 14.4. The van der Waals surface area contributed by atoms with Crippen LogP contribution in [0.3, 0.4) is 0 Å². The number of unbranched alkanes of at least 4 members (excludes halogenated alkanes) is 1. The van der Waals surface area contributed by atoms with Gasteiger partial charge in [-0.2, -0.15) is 0 Å². The first kappa shape index (κ1) is 54.1. The Morgan fingerprint density at radius 2 is 1.50 bits per heavy atom. The SMILES string of the molecule is C=CCCC[C@H](N)C(=O)N[C@@H](CC1CCCCC1)C(=O)N1CCC[C@H]1C(=O)NC1(C(=O)N[C@@H](CCCN=C(N)NS(=O)(=O)c2c(C)c(C)c3c(c2C)CC(C)(C)O3)C(=O)N2CCC[C@H]2C(=O)O)CCC1. The molecule has 6 rings (SSSR count). The number of aliphatic imine (C=N–C) groups is 1. The number of rotatable bonds is 21. The molecule has 3 aliphatic heterocycles. The standard InChI is InChI=1S/C50H77N9O10S/c1-7-8-10-19-35(51)42(60)54-37(28-33-17-11-9-12-18-33)45(63)58-26-14-21-38(58)43(61)56-50(23-16-24-50)47(66)55-36(44(62)59-27-15-22-39(59)46(64)65)20-13-25-53-48(52)57-70(67,68)41-31(3)30(2)40-34(32(41)4)29-49(5,6)69-40/h7,33,35-39H,1,8-29,51H2,2-6H3,(H,54,60)(H,55,66)(H,56,61)(H,64,65)(H3,52,53,57)/t35-,36-,37-,38-,39-/m0/s1. The highest BCUT2D eigenvalue weighted by Crippen LogP contribution is 2.44. The Balaban J connectivity index is 1.13. The highest BCUT2D eigenvalue weighted by atomic mass is 32.2. The molecule has 0 aromatic heterocycles. The molecule has 2 saturated carbocycles. The van der Waals surface area contributed by atoms with E-state index in [4.69, 9.17) is 16.2 Å². The lowest BCUT2D eigenvalue weighted by molar-refractivity contribution is -0.150. The zero-order valence-electron chi connectivity index (χ0n) is 41.8. The summed E-state index contributed by atoms with van der Waals surface area (Å²) in [6.07, 6.45) is 12.6. The van der Waals surface area contributed by atoms with Crippen LogP contribution in [0.4, 0.5) is 0 Å². The summed E-state index contributed by atoms with van der Waals surface area (Å²) in [4.78, 5) is 89.9. The second-order valence-electron chi connectivity index (χ2n) is 20.9. The van der Waals surface area contributed by atoms with Crippen LogP contribution in [0, 0.1) is 26.7 Å². The second-order valence-corrected chi connectivity index (χ2v) is 22.5. The van der Waals surface area contributed by atoms with Crippen molar-refractivity contribution in [2.24, 2.45) is 22.4 Å². The summed E-state index contributed by atoms with van der Waals surface area (Å²) < 4.78 is 36.1. The molecule has 0 bridgehead atoms. The molecular weight excluding hydrogens is 919 g/mol. The molecule has 2 saturated heterocycles. The van der Waals surface area contributed by atoms with Gasteiger partial charge in [0, 0.05) is 31.6 Å². The number of carboxylic acids is 1. The van der Waals surface area contributed by atoms with Crippen molar-refractivity contribution in [3.05, 3.63) is 34.9 Å². The van der Waals surface area contributed by atoms with Crippen molar-refractivity contribution in [3.63, 3.8) is 0 Å². The predicted molar refractivity (Wildman–Crippen MR) is 264 cm³/mol. The summed E-state index contributed by atoms with van der Waals surface area (Å²) in [5, 5.41) is 18.7. The maximum atomic E-state index is 14.4. The first-order valence-corrected chi connectivity index (χ1v) is 26.9. The quantitative estimate of drug-likeness (QED) is 0.0404. The molecule has 5 amide bonds. The molecule has 5 atom stereocenters. The van der Waals surface area contributed by atoms with E-state index in [0.717, 1.165) is 37.7 Å². The van der Waals surface area contributed by atoms with Crippen LogP contribution in [0.2, 0.25) is 0 Å². The number of benzene rings is 1. The average Bonchev–Trinajstić information content (AvgIpc) is 4.07. The number of nitrogens with two attached hydrogens (primary N) is 2. The molecule has 1 aromatic rings. The minimum atomic E-state index is -4.19. The summed E-state index contributed by atoms with van der Waals surface area (Å²) in [7, 11) is -4.19. The Morgan fingerprint density at radius 3 is 2.13 bits per heavy atom. The Hall–Kier alpha value is -5.24. The number of carbonyl (C=O) groups excluding carboxylic acids is 5. The van der Waals surface area contributed by atoms with Crippen LogP contribution >= 0.6 is 0 Å². The molecule has 2 aliphatic carbocycles. The first-order chi connectivity index (χ1) is 33.1. The van der Waals surface area contributed by atoms with Crippen molar-refractivity contribution in [2.45, 2.75) is 203 Å². The number of carbonyl (C=O) groups is 6. The van der Waals surface area contributed by atoms with E-state index in [1.54, 1.807) is 19.9 Å². The summed E-state index contributed by atoms with van der Waals surface area (Å²) in [6.45, 7) is 13.3. The molecule has 20 heteroatoms. The van der Waals surface area contributed by atoms with Gasteiger partial charge in [-0.3, -0.25) is 29.0 Å². The van der Waals surface area contributed by atoms with E-state index in [2.05, 4.69) is 32.2 Å². The molecule has 0 unspecified atom stereocenters. The summed E-state index contributed by atoms with van der Waals surface area (Å²) in [5.74, 6) is -3.10. The van der Waals surface area contributed by atoms with E-state index in [0.29, 0.717) is 86.8 Å². The third-order valence-electron chi connectivity index (χ3n) is 15.2. The largest absolute Gasteiger partial charge is 0.487 e. The zero-order chi connectivity index (χ0) is 51.1. The van der Waals surface area contributed by atoms with Gasteiger partial charge in [-0.05, 0) is 141 Å². The van der Waals surface area contributed by atoms with Crippen LogP contribution in [0.15, 0.2) is 22.5 Å². The lowest BCUT2D eigenvalue weighted by Crippen LogP contribution is -2.67. The maximum Gasteiger partial charge on any atom is 0.326 e. The van der Waals surface area contributed by atoms with Gasteiger partial charge in [0.25, 0.3) is 10.0 Å². The number of allylic oxidation sites excluding steroid dienone is 1. The highest BCUT2D eigenvalue weighted by molar-refractivity contribution is 7.90. The van der Waals surface area contributed by atoms with Crippen molar-refractivity contribution in [3.8, 4) is 5.75 Å². The van der Waals surface area contributed by atoms with E-state index in [-0.39, 0.29) is 67.9 Å². The number of fused-ring (bicyclic) bond motifs is 1.